The fourth-order valence-corrected chi connectivity index (χ4v) is 4.82. The van der Waals surface area contributed by atoms with Gasteiger partial charge in [-0.3, -0.25) is 9.59 Å². The first kappa shape index (κ1) is 29.2. The smallest absolute Gasteiger partial charge is 0.224 e. The van der Waals surface area contributed by atoms with Crippen LogP contribution >= 0.6 is 23.2 Å². The Kier molecular flexibility index (Phi) is 9.52. The van der Waals surface area contributed by atoms with Gasteiger partial charge in [-0.1, -0.05) is 59.6 Å². The summed E-state index contributed by atoms with van der Waals surface area (Å²) in [6.45, 7) is 2.61. The van der Waals surface area contributed by atoms with Crippen LogP contribution in [0.3, 0.4) is 0 Å². The molecular formula is C29H28Cl2FN5O3. The molecule has 1 atom stereocenters. The molecule has 0 radical (unpaired) electrons. The summed E-state index contributed by atoms with van der Waals surface area (Å²) in [5, 5.41) is 8.81. The molecule has 0 spiro atoms. The number of aromatic nitrogens is 2. The molecule has 11 heteroatoms. The number of methoxy groups -OCH3 is 1. The Morgan fingerprint density at radius 1 is 1.18 bits per heavy atom. The summed E-state index contributed by atoms with van der Waals surface area (Å²) in [5.41, 5.74) is 3.47. The molecule has 0 fully saturated rings. The standard InChI is InChI=1S/C29H28Cl2FN5O3/c1-18(39)34-14-13-33-16-21-11-12-35-27(26(21)32)37-25-8-4-7-23(29(25,30)31)19-5-3-6-20(15-19)24-10-9-22(17-38)28(36-24)40-2/h3-12,15,17,25,33H,13-14,16H2,1-2H3,(H,34,39)(H,35,37). The number of carbonyl (C=O) groups excluding carboxylic acids is 2. The number of benzene rings is 1. The first-order chi connectivity index (χ1) is 19.2. The van der Waals surface area contributed by atoms with Crippen LogP contribution in [0.1, 0.15) is 28.4 Å². The van der Waals surface area contributed by atoms with Crippen LogP contribution < -0.4 is 20.7 Å². The zero-order chi connectivity index (χ0) is 28.7. The van der Waals surface area contributed by atoms with E-state index in [-0.39, 0.29) is 24.1 Å². The van der Waals surface area contributed by atoms with Crippen molar-refractivity contribution < 1.29 is 18.7 Å². The minimum absolute atomic E-state index is 0.0167. The van der Waals surface area contributed by atoms with E-state index >= 15 is 4.39 Å². The van der Waals surface area contributed by atoms with E-state index in [2.05, 4.69) is 25.9 Å². The third-order valence-corrected chi connectivity index (χ3v) is 7.13. The molecule has 0 aliphatic heterocycles. The van der Waals surface area contributed by atoms with Gasteiger partial charge in [0.2, 0.25) is 11.8 Å². The number of anilines is 1. The van der Waals surface area contributed by atoms with E-state index in [1.54, 1.807) is 36.4 Å². The number of halogens is 3. The molecule has 3 N–H and O–H groups in total. The largest absolute Gasteiger partial charge is 0.480 e. The highest BCUT2D eigenvalue weighted by Gasteiger charge is 2.40. The number of nitrogens with zero attached hydrogens (tertiary/aromatic N) is 2. The summed E-state index contributed by atoms with van der Waals surface area (Å²) in [4.78, 5) is 30.8. The van der Waals surface area contributed by atoms with Crippen molar-refractivity contribution in [1.82, 2.24) is 20.6 Å². The van der Waals surface area contributed by atoms with Crippen LogP contribution in [0.5, 0.6) is 5.88 Å². The SMILES string of the molecule is COc1nc(-c2cccc(C3=CC=CC(Nc4nccc(CNCCNC(C)=O)c4F)C3(Cl)Cl)c2)ccc1C=O. The van der Waals surface area contributed by atoms with Crippen LogP contribution in [0, 0.1) is 5.82 Å². The molecule has 1 aliphatic carbocycles. The van der Waals surface area contributed by atoms with Gasteiger partial charge >= 0.3 is 0 Å². The average Bonchev–Trinajstić information content (AvgIpc) is 2.95. The molecule has 4 rings (SSSR count). The van der Waals surface area contributed by atoms with Crippen molar-refractivity contribution in [3.8, 4) is 17.1 Å². The Bertz CT molecular complexity index is 1460. The number of rotatable bonds is 11. The maximum absolute atomic E-state index is 15.3. The number of carbonyl (C=O) groups is 2. The molecular weight excluding hydrogens is 556 g/mol. The number of ether oxygens (including phenoxy) is 1. The number of aldehydes is 1. The summed E-state index contributed by atoms with van der Waals surface area (Å²) in [7, 11) is 1.45. The van der Waals surface area contributed by atoms with E-state index < -0.39 is 16.2 Å². The minimum Gasteiger partial charge on any atom is -0.480 e. The fraction of sp³-hybridized carbons (Fsp3) is 0.241. The maximum Gasteiger partial charge on any atom is 0.224 e. The lowest BCUT2D eigenvalue weighted by molar-refractivity contribution is -0.118. The monoisotopic (exact) mass is 583 g/mol. The van der Waals surface area contributed by atoms with Gasteiger partial charge < -0.3 is 20.7 Å². The number of hydrogen-bond donors (Lipinski definition) is 3. The molecule has 0 saturated carbocycles. The Balaban J connectivity index is 1.52. The quantitative estimate of drug-likeness (QED) is 0.167. The maximum atomic E-state index is 15.3. The Labute approximate surface area is 241 Å². The molecule has 2 aromatic heterocycles. The molecule has 3 aromatic rings. The molecule has 1 aliphatic rings. The Hall–Kier alpha value is -3.79. The molecule has 0 saturated heterocycles. The van der Waals surface area contributed by atoms with Crippen LogP contribution in [0.15, 0.2) is 66.9 Å². The summed E-state index contributed by atoms with van der Waals surface area (Å²) in [5.74, 6) is -0.405. The average molecular weight is 584 g/mol. The van der Waals surface area contributed by atoms with Gasteiger partial charge in [0.25, 0.3) is 0 Å². The first-order valence-corrected chi connectivity index (χ1v) is 13.2. The van der Waals surface area contributed by atoms with E-state index in [1.165, 1.54) is 20.2 Å². The van der Waals surface area contributed by atoms with E-state index in [9.17, 15) is 9.59 Å². The molecule has 1 unspecified atom stereocenters. The zero-order valence-electron chi connectivity index (χ0n) is 21.9. The second-order valence-corrected chi connectivity index (χ2v) is 10.4. The molecule has 208 valence electrons. The van der Waals surface area contributed by atoms with E-state index in [4.69, 9.17) is 27.9 Å². The summed E-state index contributed by atoms with van der Waals surface area (Å²) >= 11 is 13.8. The summed E-state index contributed by atoms with van der Waals surface area (Å²) in [6.07, 6.45) is 7.54. The minimum atomic E-state index is -1.47. The van der Waals surface area contributed by atoms with E-state index in [0.717, 1.165) is 11.1 Å². The second kappa shape index (κ2) is 13.0. The zero-order valence-corrected chi connectivity index (χ0v) is 23.4. The molecule has 40 heavy (non-hydrogen) atoms. The van der Waals surface area contributed by atoms with Crippen molar-refractivity contribution in [2.24, 2.45) is 0 Å². The Morgan fingerprint density at radius 2 is 1.98 bits per heavy atom. The van der Waals surface area contributed by atoms with Gasteiger partial charge in [-0.25, -0.2) is 14.4 Å². The highest BCUT2D eigenvalue weighted by Crippen LogP contribution is 2.44. The number of amides is 1. The number of allylic oxidation sites excluding steroid dienone is 2. The predicted molar refractivity (Wildman–Crippen MR) is 155 cm³/mol. The van der Waals surface area contributed by atoms with Gasteiger partial charge in [0.05, 0.1) is 24.4 Å². The first-order valence-electron chi connectivity index (χ1n) is 12.5. The van der Waals surface area contributed by atoms with Crippen LogP contribution in [-0.2, 0) is 11.3 Å². The number of pyridine rings is 2. The van der Waals surface area contributed by atoms with Crippen LogP contribution in [0.25, 0.3) is 16.8 Å². The van der Waals surface area contributed by atoms with Crippen molar-refractivity contribution in [1.29, 1.82) is 0 Å². The number of alkyl halides is 2. The topological polar surface area (TPSA) is 105 Å². The third-order valence-electron chi connectivity index (χ3n) is 6.25. The normalized spacial score (nSPS) is 15.7. The highest BCUT2D eigenvalue weighted by molar-refractivity contribution is 6.55. The van der Waals surface area contributed by atoms with Crippen molar-refractivity contribution in [2.75, 3.05) is 25.5 Å². The Morgan fingerprint density at radius 3 is 2.73 bits per heavy atom. The molecule has 0 bridgehead atoms. The number of nitrogens with one attached hydrogen (secondary N) is 3. The molecule has 1 amide bonds. The highest BCUT2D eigenvalue weighted by atomic mass is 35.5. The van der Waals surface area contributed by atoms with Crippen molar-refractivity contribution in [3.63, 3.8) is 0 Å². The van der Waals surface area contributed by atoms with Crippen molar-refractivity contribution in [3.05, 3.63) is 89.4 Å². The van der Waals surface area contributed by atoms with Gasteiger partial charge in [-0.15, -0.1) is 0 Å². The second-order valence-electron chi connectivity index (χ2n) is 9.00. The van der Waals surface area contributed by atoms with Crippen LogP contribution in [0.2, 0.25) is 0 Å². The lowest BCUT2D eigenvalue weighted by Gasteiger charge is -2.34. The molecule has 2 heterocycles. The van der Waals surface area contributed by atoms with Gasteiger partial charge in [-0.05, 0) is 35.4 Å². The van der Waals surface area contributed by atoms with Crippen molar-refractivity contribution >= 4 is 46.8 Å². The summed E-state index contributed by atoms with van der Waals surface area (Å²) in [6, 6.07) is 11.7. The third kappa shape index (κ3) is 6.67. The van der Waals surface area contributed by atoms with Crippen LogP contribution in [-0.4, -0.2) is 52.7 Å². The van der Waals surface area contributed by atoms with Gasteiger partial charge in [-0.2, -0.15) is 0 Å². The van der Waals surface area contributed by atoms with Gasteiger partial charge in [0, 0.05) is 43.9 Å². The fourth-order valence-electron chi connectivity index (χ4n) is 4.22. The van der Waals surface area contributed by atoms with Crippen LogP contribution in [0.4, 0.5) is 10.2 Å². The van der Waals surface area contributed by atoms with Crippen molar-refractivity contribution in [2.45, 2.75) is 23.8 Å². The summed E-state index contributed by atoms with van der Waals surface area (Å²) < 4.78 is 19.1. The van der Waals surface area contributed by atoms with E-state index in [1.807, 2.05) is 24.3 Å². The molecule has 1 aromatic carbocycles. The number of hydrogen-bond acceptors (Lipinski definition) is 7. The van der Waals surface area contributed by atoms with Gasteiger partial charge in [0.1, 0.15) is 0 Å². The molecule has 8 nitrogen and oxygen atoms in total. The lowest BCUT2D eigenvalue weighted by Crippen LogP contribution is -2.39. The van der Waals surface area contributed by atoms with Gasteiger partial charge in [0.15, 0.2) is 22.3 Å². The van der Waals surface area contributed by atoms with E-state index in [0.29, 0.717) is 41.8 Å². The predicted octanol–water partition coefficient (Wildman–Crippen LogP) is 4.94. The lowest BCUT2D eigenvalue weighted by atomic mass is 9.91.